The number of nitrogens with one attached hydrogen (secondary N) is 1. The molecule has 2 aromatic carbocycles. The number of likely N-dealkylation sites (N-methyl/N-ethyl adjacent to an activating group) is 1. The lowest BCUT2D eigenvalue weighted by atomic mass is 9.98. The first-order valence-corrected chi connectivity index (χ1v) is 8.88. The zero-order valence-electron chi connectivity index (χ0n) is 11.5. The summed E-state index contributed by atoms with van der Waals surface area (Å²) >= 11 is 11.8. The molecule has 1 N–H and O–H groups in total. The van der Waals surface area contributed by atoms with Crippen molar-refractivity contribution in [2.75, 3.05) is 6.54 Å². The molecule has 0 aliphatic carbocycles. The number of rotatable bonds is 5. The highest BCUT2D eigenvalue weighted by Crippen LogP contribution is 2.29. The van der Waals surface area contributed by atoms with Crippen LogP contribution in [0.5, 0.6) is 0 Å². The summed E-state index contributed by atoms with van der Waals surface area (Å²) in [5, 5.41) is 3.98. The van der Waals surface area contributed by atoms with Crippen molar-refractivity contribution >= 4 is 50.1 Å². The highest BCUT2D eigenvalue weighted by molar-refractivity contribution is 14.1. The number of hydrogen-bond acceptors (Lipinski definition) is 1. The average molecular weight is 483 g/mol. The number of hydrogen-bond donors (Lipinski definition) is 1. The average Bonchev–Trinajstić information content (AvgIpc) is 2.45. The van der Waals surface area contributed by atoms with E-state index in [4.69, 9.17) is 11.6 Å². The van der Waals surface area contributed by atoms with Gasteiger partial charge in [-0.3, -0.25) is 0 Å². The van der Waals surface area contributed by atoms with Crippen LogP contribution >= 0.6 is 50.1 Å². The fourth-order valence-corrected chi connectivity index (χ4v) is 3.47. The maximum absolute atomic E-state index is 14.0. The largest absolute Gasteiger partial charge is 0.310 e. The summed E-state index contributed by atoms with van der Waals surface area (Å²) in [5.41, 5.74) is 1.75. The normalized spacial score (nSPS) is 12.4. The maximum Gasteiger partial charge on any atom is 0.126 e. The second kappa shape index (κ2) is 7.90. The molecule has 0 saturated heterocycles. The van der Waals surface area contributed by atoms with Crippen LogP contribution in [0.2, 0.25) is 5.02 Å². The molecule has 0 heterocycles. The van der Waals surface area contributed by atoms with Crippen LogP contribution in [0.15, 0.2) is 40.9 Å². The summed E-state index contributed by atoms with van der Waals surface area (Å²) in [4.78, 5) is 0. The predicted octanol–water partition coefficient (Wildman–Crippen LogP) is 5.74. The summed E-state index contributed by atoms with van der Waals surface area (Å²) in [6.45, 7) is 2.86. The Labute approximate surface area is 151 Å². The monoisotopic (exact) mass is 481 g/mol. The van der Waals surface area contributed by atoms with Crippen molar-refractivity contribution in [3.8, 4) is 0 Å². The van der Waals surface area contributed by atoms with Crippen molar-refractivity contribution in [3.05, 3.63) is 66.4 Å². The molecule has 0 aromatic heterocycles. The minimum absolute atomic E-state index is 0.0343. The standard InChI is InChI=1S/C16H15BrClFIN/c1-2-21-16(13-9-12(20)4-5-14(13)17)8-10-7-11(18)3-6-15(10)19/h3-7,9,16,21H,2,8H2,1H3. The quantitative estimate of drug-likeness (QED) is 0.536. The van der Waals surface area contributed by atoms with Gasteiger partial charge in [-0.05, 0) is 83.1 Å². The summed E-state index contributed by atoms with van der Waals surface area (Å²) in [6, 6.07) is 10.9. The maximum atomic E-state index is 14.0. The Kier molecular flexibility index (Phi) is 6.47. The van der Waals surface area contributed by atoms with Gasteiger partial charge < -0.3 is 5.32 Å². The molecule has 2 rings (SSSR count). The molecule has 0 aliphatic heterocycles. The van der Waals surface area contributed by atoms with Gasteiger partial charge in [-0.15, -0.1) is 0 Å². The van der Waals surface area contributed by atoms with Crippen molar-refractivity contribution in [2.45, 2.75) is 19.4 Å². The Morgan fingerprint density at radius 1 is 1.29 bits per heavy atom. The third kappa shape index (κ3) is 4.65. The van der Waals surface area contributed by atoms with Crippen molar-refractivity contribution in [2.24, 2.45) is 0 Å². The van der Waals surface area contributed by atoms with Gasteiger partial charge in [0.15, 0.2) is 0 Å². The van der Waals surface area contributed by atoms with Gasteiger partial charge in [0.1, 0.15) is 5.82 Å². The van der Waals surface area contributed by atoms with Gasteiger partial charge >= 0.3 is 0 Å². The molecule has 0 amide bonds. The number of halogens is 4. The minimum Gasteiger partial charge on any atom is -0.310 e. The highest BCUT2D eigenvalue weighted by atomic mass is 127. The first kappa shape index (κ1) is 17.2. The SMILES string of the molecule is CCNC(Cc1cc(Cl)ccc1F)c1cc(I)ccc1Br. The van der Waals surface area contributed by atoms with Crippen LogP contribution < -0.4 is 5.32 Å². The molecule has 1 unspecified atom stereocenters. The molecule has 112 valence electrons. The molecule has 1 atom stereocenters. The van der Waals surface area contributed by atoms with E-state index in [0.717, 1.165) is 20.2 Å². The van der Waals surface area contributed by atoms with Crippen LogP contribution in [0.4, 0.5) is 4.39 Å². The summed E-state index contributed by atoms with van der Waals surface area (Å²) in [5.74, 6) is -0.218. The number of benzene rings is 2. The molecule has 0 aliphatic rings. The van der Waals surface area contributed by atoms with E-state index in [-0.39, 0.29) is 11.9 Å². The van der Waals surface area contributed by atoms with Gasteiger partial charge in [-0.2, -0.15) is 0 Å². The Bertz CT molecular complexity index is 636. The van der Waals surface area contributed by atoms with E-state index in [9.17, 15) is 4.39 Å². The van der Waals surface area contributed by atoms with E-state index in [1.807, 2.05) is 19.1 Å². The third-order valence-corrected chi connectivity index (χ3v) is 4.84. The van der Waals surface area contributed by atoms with Crippen LogP contribution in [0.3, 0.4) is 0 Å². The Morgan fingerprint density at radius 2 is 2.05 bits per heavy atom. The van der Waals surface area contributed by atoms with Crippen LogP contribution in [-0.2, 0) is 6.42 Å². The van der Waals surface area contributed by atoms with Crippen molar-refractivity contribution < 1.29 is 4.39 Å². The molecule has 0 saturated carbocycles. The Morgan fingerprint density at radius 3 is 2.76 bits per heavy atom. The van der Waals surface area contributed by atoms with Gasteiger partial charge in [0, 0.05) is 19.1 Å². The van der Waals surface area contributed by atoms with E-state index < -0.39 is 0 Å². The fourth-order valence-electron chi connectivity index (χ4n) is 2.24. The first-order chi connectivity index (χ1) is 10.0. The summed E-state index contributed by atoms with van der Waals surface area (Å²) < 4.78 is 16.1. The molecule has 0 radical (unpaired) electrons. The van der Waals surface area contributed by atoms with Gasteiger partial charge in [-0.25, -0.2) is 4.39 Å². The molecule has 5 heteroatoms. The molecule has 0 bridgehead atoms. The smallest absolute Gasteiger partial charge is 0.126 e. The van der Waals surface area contributed by atoms with Gasteiger partial charge in [0.05, 0.1) is 0 Å². The van der Waals surface area contributed by atoms with E-state index >= 15 is 0 Å². The Balaban J connectivity index is 2.35. The second-order valence-electron chi connectivity index (χ2n) is 4.72. The van der Waals surface area contributed by atoms with E-state index in [2.05, 4.69) is 49.9 Å². The summed E-state index contributed by atoms with van der Waals surface area (Å²) in [6.07, 6.45) is 0.554. The topological polar surface area (TPSA) is 12.0 Å². The van der Waals surface area contributed by atoms with Crippen LogP contribution in [-0.4, -0.2) is 6.54 Å². The van der Waals surface area contributed by atoms with Gasteiger partial charge in [-0.1, -0.05) is 34.5 Å². The predicted molar refractivity (Wildman–Crippen MR) is 98.4 cm³/mol. The molecule has 21 heavy (non-hydrogen) atoms. The van der Waals surface area contributed by atoms with Crippen LogP contribution in [0.25, 0.3) is 0 Å². The summed E-state index contributed by atoms with van der Waals surface area (Å²) in [7, 11) is 0. The second-order valence-corrected chi connectivity index (χ2v) is 7.25. The lowest BCUT2D eigenvalue weighted by Gasteiger charge is -2.20. The van der Waals surface area contributed by atoms with Crippen molar-refractivity contribution in [1.82, 2.24) is 5.32 Å². The van der Waals surface area contributed by atoms with E-state index in [1.165, 1.54) is 6.07 Å². The highest BCUT2D eigenvalue weighted by Gasteiger charge is 2.17. The van der Waals surface area contributed by atoms with Gasteiger partial charge in [0.2, 0.25) is 0 Å². The van der Waals surface area contributed by atoms with Crippen LogP contribution in [0, 0.1) is 9.39 Å². The van der Waals surface area contributed by atoms with E-state index in [1.54, 1.807) is 12.1 Å². The molecular weight excluding hydrogens is 467 g/mol. The lowest BCUT2D eigenvalue weighted by molar-refractivity contribution is 0.526. The third-order valence-electron chi connectivity index (χ3n) is 3.22. The van der Waals surface area contributed by atoms with E-state index in [0.29, 0.717) is 17.0 Å². The van der Waals surface area contributed by atoms with Crippen molar-refractivity contribution in [1.29, 1.82) is 0 Å². The molecule has 1 nitrogen and oxygen atoms in total. The zero-order chi connectivity index (χ0) is 15.4. The molecule has 2 aromatic rings. The molecular formula is C16H15BrClFIN. The molecule has 0 spiro atoms. The Hall–Kier alpha value is -0.170. The van der Waals surface area contributed by atoms with Crippen molar-refractivity contribution in [3.63, 3.8) is 0 Å². The first-order valence-electron chi connectivity index (χ1n) is 6.63. The van der Waals surface area contributed by atoms with Gasteiger partial charge in [0.25, 0.3) is 0 Å². The zero-order valence-corrected chi connectivity index (χ0v) is 16.0. The minimum atomic E-state index is -0.218. The fraction of sp³-hybridized carbons (Fsp3) is 0.250. The lowest BCUT2D eigenvalue weighted by Crippen LogP contribution is -2.24. The molecule has 0 fully saturated rings. The van der Waals surface area contributed by atoms with Crippen LogP contribution in [0.1, 0.15) is 24.1 Å².